The Morgan fingerprint density at radius 1 is 0.695 bits per heavy atom. The van der Waals surface area contributed by atoms with Gasteiger partial charge in [-0.3, -0.25) is 28.3 Å². The van der Waals surface area contributed by atoms with Crippen LogP contribution >= 0.6 is 0 Å². The summed E-state index contributed by atoms with van der Waals surface area (Å²) in [6.45, 7) is 9.03. The zero-order valence-electron chi connectivity index (χ0n) is 45.0. The highest BCUT2D eigenvalue weighted by atomic mass is 19.1. The number of halogens is 2. The predicted molar refractivity (Wildman–Crippen MR) is 306 cm³/mol. The Bertz CT molecular complexity index is 4080. The molecule has 0 aliphatic carbocycles. The topological polar surface area (TPSA) is 240 Å². The van der Waals surface area contributed by atoms with E-state index < -0.39 is 29.3 Å². The number of rotatable bonds is 16. The van der Waals surface area contributed by atoms with Gasteiger partial charge in [0.25, 0.3) is 11.1 Å². The number of oxazole rings is 2. The van der Waals surface area contributed by atoms with E-state index in [1.165, 1.54) is 63.9 Å². The average molecular weight is 1110 g/mol. The van der Waals surface area contributed by atoms with E-state index in [0.29, 0.717) is 118 Å². The minimum Gasteiger partial charge on any atom is -0.481 e. The first-order valence-electron chi connectivity index (χ1n) is 26.3. The molecule has 0 radical (unpaired) electrons. The van der Waals surface area contributed by atoms with Gasteiger partial charge in [0.2, 0.25) is 17.9 Å². The molecule has 10 aromatic rings. The molecule has 6 aromatic carbocycles. The van der Waals surface area contributed by atoms with E-state index in [0.717, 1.165) is 22.2 Å². The minimum atomic E-state index is -0.877. The molecular weight excluding hydrogens is 1050 g/mol. The van der Waals surface area contributed by atoms with E-state index in [1.54, 1.807) is 42.5 Å². The predicted octanol–water partition coefficient (Wildman–Crippen LogP) is 12.2. The lowest BCUT2D eigenvalue weighted by Gasteiger charge is -2.19. The van der Waals surface area contributed by atoms with Crippen molar-refractivity contribution in [1.82, 2.24) is 29.1 Å². The minimum absolute atomic E-state index is 0.0274. The van der Waals surface area contributed by atoms with Crippen LogP contribution < -0.4 is 11.1 Å². The molecule has 0 fully saturated rings. The van der Waals surface area contributed by atoms with Crippen LogP contribution in [0, 0.1) is 11.6 Å². The number of aromatic nitrogens is 6. The van der Waals surface area contributed by atoms with Crippen molar-refractivity contribution in [2.24, 2.45) is 10.3 Å². The number of unbranched alkanes of at least 4 members (excludes halogenated alkanes) is 2. The first-order chi connectivity index (χ1) is 39.5. The third-order valence-corrected chi connectivity index (χ3v) is 12.8. The van der Waals surface area contributed by atoms with Crippen molar-refractivity contribution in [3.05, 3.63) is 207 Å². The van der Waals surface area contributed by atoms with Crippen LogP contribution in [0.25, 0.3) is 61.5 Å². The highest BCUT2D eigenvalue weighted by molar-refractivity contribution is 6.03. The lowest BCUT2D eigenvalue weighted by Crippen LogP contribution is -2.24. The van der Waals surface area contributed by atoms with Crippen LogP contribution in [0.2, 0.25) is 0 Å². The van der Waals surface area contributed by atoms with Gasteiger partial charge >= 0.3 is 11.9 Å². The van der Waals surface area contributed by atoms with E-state index in [-0.39, 0.29) is 29.9 Å². The maximum absolute atomic E-state index is 13.6. The summed E-state index contributed by atoms with van der Waals surface area (Å²) in [5.74, 6) is 0.0229. The molecule has 1 aliphatic rings. The summed E-state index contributed by atoms with van der Waals surface area (Å²) in [5, 5.41) is 25.8. The third kappa shape index (κ3) is 13.9. The van der Waals surface area contributed by atoms with Crippen molar-refractivity contribution >= 4 is 73.9 Å². The summed E-state index contributed by atoms with van der Waals surface area (Å²) >= 11 is 0. The monoisotopic (exact) mass is 1110 g/mol. The number of esters is 1. The molecule has 0 spiro atoms. The number of hydrogen-bond donors (Lipinski definition) is 2. The zero-order chi connectivity index (χ0) is 57.9. The molecule has 82 heavy (non-hydrogen) atoms. The van der Waals surface area contributed by atoms with Crippen LogP contribution in [0.3, 0.4) is 0 Å². The molecular formula is C62H56F2N8O10. The van der Waals surface area contributed by atoms with Crippen LogP contribution in [0.5, 0.6) is 0 Å². The van der Waals surface area contributed by atoms with Crippen LogP contribution in [-0.4, -0.2) is 68.8 Å². The Labute approximate surface area is 467 Å². The number of para-hydroxylation sites is 4. The number of benzene rings is 6. The zero-order valence-corrected chi connectivity index (χ0v) is 45.0. The van der Waals surface area contributed by atoms with E-state index >= 15 is 0 Å². The summed E-state index contributed by atoms with van der Waals surface area (Å²) in [4.78, 5) is 73.5. The molecule has 11 rings (SSSR count). The molecule has 1 unspecified atom stereocenters. The van der Waals surface area contributed by atoms with Gasteiger partial charge in [-0.15, -0.1) is 0 Å². The van der Waals surface area contributed by atoms with Gasteiger partial charge in [0.15, 0.2) is 11.2 Å². The normalized spacial score (nSPS) is 13.1. The second-order valence-electron chi connectivity index (χ2n) is 20.0. The number of hydrogen-bond acceptors (Lipinski definition) is 15. The molecule has 5 heterocycles. The van der Waals surface area contributed by atoms with Gasteiger partial charge in [-0.25, -0.2) is 28.7 Å². The molecule has 1 atom stereocenters. The van der Waals surface area contributed by atoms with Crippen molar-refractivity contribution in [3.63, 3.8) is 0 Å². The Morgan fingerprint density at radius 3 is 1.79 bits per heavy atom. The molecule has 4 aromatic heterocycles. The second kappa shape index (κ2) is 25.4. The van der Waals surface area contributed by atoms with Gasteiger partial charge in [-0.2, -0.15) is 0 Å². The van der Waals surface area contributed by atoms with Crippen molar-refractivity contribution in [1.29, 1.82) is 0 Å². The lowest BCUT2D eigenvalue weighted by atomic mass is 10.0. The SMILES string of the molecule is C=Cc1nc2ccccc2o1.CC(C)(C)OC(=O)CCCCc1nc2cc(/C=N/O)ccc2c(=O)n1-c1ccc(F)cc1.O=C(O)CCCCc1nc2cc(C3=NOC(c4nc5ccccc5o4)C3)ccc2c(=O)n1-c1ccc(F)cc1. The average Bonchev–Trinajstić information content (AvgIpc) is 3.67. The van der Waals surface area contributed by atoms with Gasteiger partial charge in [-0.05, 0) is 155 Å². The van der Waals surface area contributed by atoms with Crippen molar-refractivity contribution < 1.29 is 47.1 Å². The highest BCUT2D eigenvalue weighted by Crippen LogP contribution is 2.32. The number of carboxylic acid groups (broad SMARTS) is 1. The quantitative estimate of drug-likeness (QED) is 0.0301. The molecule has 0 bridgehead atoms. The number of fused-ring (bicyclic) bond motifs is 4. The molecule has 0 saturated carbocycles. The number of carboxylic acids is 1. The van der Waals surface area contributed by atoms with E-state index in [1.807, 2.05) is 69.3 Å². The first kappa shape index (κ1) is 56.7. The van der Waals surface area contributed by atoms with Crippen LogP contribution in [-0.2, 0) is 32.0 Å². The summed E-state index contributed by atoms with van der Waals surface area (Å²) in [7, 11) is 0. The van der Waals surface area contributed by atoms with Crippen molar-refractivity contribution in [3.8, 4) is 11.4 Å². The number of carbonyl (C=O) groups excluding carboxylic acids is 1. The molecule has 2 N–H and O–H groups in total. The number of aryl methyl sites for hydroxylation is 2. The highest BCUT2D eigenvalue weighted by Gasteiger charge is 2.29. The fourth-order valence-corrected chi connectivity index (χ4v) is 9.04. The third-order valence-electron chi connectivity index (χ3n) is 12.8. The maximum Gasteiger partial charge on any atom is 0.306 e. The number of aliphatic carboxylic acids is 1. The lowest BCUT2D eigenvalue weighted by molar-refractivity contribution is -0.155. The van der Waals surface area contributed by atoms with Gasteiger partial charge < -0.3 is 28.7 Å². The van der Waals surface area contributed by atoms with Crippen LogP contribution in [0.15, 0.2) is 169 Å². The van der Waals surface area contributed by atoms with Gasteiger partial charge in [0.1, 0.15) is 39.9 Å². The summed E-state index contributed by atoms with van der Waals surface area (Å²) < 4.78 is 46.4. The Kier molecular flexibility index (Phi) is 17.6. The molecule has 20 heteroatoms. The fourth-order valence-electron chi connectivity index (χ4n) is 9.04. The van der Waals surface area contributed by atoms with Crippen molar-refractivity contribution in [2.75, 3.05) is 0 Å². The summed E-state index contributed by atoms with van der Waals surface area (Å²) in [5.41, 5.74) is 5.97. The Hall–Kier alpha value is -9.98. The van der Waals surface area contributed by atoms with Gasteiger partial charge in [0, 0.05) is 37.7 Å². The maximum atomic E-state index is 13.6. The molecule has 418 valence electrons. The van der Waals surface area contributed by atoms with Crippen LogP contribution in [0.4, 0.5) is 8.78 Å². The van der Waals surface area contributed by atoms with E-state index in [4.69, 9.17) is 33.7 Å². The first-order valence-corrected chi connectivity index (χ1v) is 26.3. The van der Waals surface area contributed by atoms with E-state index in [2.05, 4.69) is 31.8 Å². The fraction of sp³-hybridized carbons (Fsp3) is 0.226. The largest absolute Gasteiger partial charge is 0.481 e. The second-order valence-corrected chi connectivity index (χ2v) is 20.0. The number of nitrogens with zero attached hydrogens (tertiary/aromatic N) is 8. The smallest absolute Gasteiger partial charge is 0.306 e. The molecule has 18 nitrogen and oxygen atoms in total. The molecule has 0 saturated heterocycles. The Morgan fingerprint density at radius 2 is 1.24 bits per heavy atom. The van der Waals surface area contributed by atoms with Crippen molar-refractivity contribution in [2.45, 2.75) is 90.3 Å². The Balaban J connectivity index is 0.000000169. The standard InChI is InChI=1S/C29H23FN4O5.C24H26FN3O4.C9H7NO/c30-18-10-12-19(13-11-18)34-26(7-3-4-8-27(35)36)31-23-15-17(9-14-20(23)29(34)37)22-16-25(39-33-22)28-32-21-5-1-2-6-24(21)38-28;1-24(2,3)32-22(29)7-5-4-6-21-27-20-14-16(15-26-31)8-13-19(20)23(30)28(21)18-11-9-17(25)10-12-18;1-2-9-10-7-5-3-4-6-8(7)11-9/h1-2,5-6,9-15,25H,3-4,7-8,16H2,(H,35,36);8-15,31H,4-7H2,1-3H3;2-6H,1H2/b;26-15+;. The van der Waals surface area contributed by atoms with Gasteiger partial charge in [-0.1, -0.05) is 53.3 Å². The van der Waals surface area contributed by atoms with E-state index in [9.17, 15) is 28.0 Å². The van der Waals surface area contributed by atoms with Crippen LogP contribution in [0.1, 0.15) is 106 Å². The number of ether oxygens (including phenoxy) is 1. The van der Waals surface area contributed by atoms with Gasteiger partial charge in [0.05, 0.1) is 45.1 Å². The number of carbonyl (C=O) groups is 2. The molecule has 1 aliphatic heterocycles. The number of oxime groups is 2. The summed E-state index contributed by atoms with van der Waals surface area (Å²) in [6, 6.07) is 36.6. The molecule has 0 amide bonds. The summed E-state index contributed by atoms with van der Waals surface area (Å²) in [6.07, 6.45) is 6.08.